The second-order valence-electron chi connectivity index (χ2n) is 5.42. The van der Waals surface area contributed by atoms with E-state index in [2.05, 4.69) is 30.3 Å². The Hall–Kier alpha value is -1.26. The molecule has 4 heteroatoms. The van der Waals surface area contributed by atoms with Crippen LogP contribution in [0.3, 0.4) is 0 Å². The van der Waals surface area contributed by atoms with Crippen LogP contribution in [0.15, 0.2) is 18.2 Å². The largest absolute Gasteiger partial charge is 0.496 e. The van der Waals surface area contributed by atoms with Gasteiger partial charge >= 0.3 is 0 Å². The first-order chi connectivity index (χ1) is 9.67. The van der Waals surface area contributed by atoms with Gasteiger partial charge in [-0.15, -0.1) is 0 Å². The number of nitrogens with one attached hydrogen (secondary N) is 1. The number of hydrogen-bond acceptors (Lipinski definition) is 4. The van der Waals surface area contributed by atoms with Crippen molar-refractivity contribution in [3.05, 3.63) is 23.8 Å². The molecule has 2 unspecified atom stereocenters. The topological polar surface area (TPSA) is 33.7 Å². The molecule has 0 aliphatic carbocycles. The smallest absolute Gasteiger partial charge is 0.125 e. The molecule has 0 aromatic heterocycles. The normalized spacial score (nSPS) is 19.9. The van der Waals surface area contributed by atoms with Crippen molar-refractivity contribution in [3.63, 3.8) is 0 Å². The van der Waals surface area contributed by atoms with Crippen molar-refractivity contribution in [2.45, 2.75) is 31.9 Å². The maximum absolute atomic E-state index is 5.74. The molecule has 0 radical (unpaired) electrons. The van der Waals surface area contributed by atoms with E-state index in [4.69, 9.17) is 9.47 Å². The summed E-state index contributed by atoms with van der Waals surface area (Å²) in [6, 6.07) is 6.47. The highest BCUT2D eigenvalue weighted by Gasteiger charge is 2.21. The highest BCUT2D eigenvalue weighted by atomic mass is 16.5. The minimum atomic E-state index is 0.244. The Morgan fingerprint density at radius 2 is 2.30 bits per heavy atom. The van der Waals surface area contributed by atoms with Gasteiger partial charge < -0.3 is 19.7 Å². The van der Waals surface area contributed by atoms with E-state index in [-0.39, 0.29) is 6.04 Å². The lowest BCUT2D eigenvalue weighted by molar-refractivity contribution is 0.116. The van der Waals surface area contributed by atoms with Gasteiger partial charge in [0.1, 0.15) is 5.75 Å². The van der Waals surface area contributed by atoms with E-state index in [9.17, 15) is 0 Å². The number of anilines is 1. The summed E-state index contributed by atoms with van der Waals surface area (Å²) in [6.07, 6.45) is 2.69. The summed E-state index contributed by atoms with van der Waals surface area (Å²) in [6.45, 7) is 3.98. The maximum Gasteiger partial charge on any atom is 0.125 e. The van der Waals surface area contributed by atoms with E-state index >= 15 is 0 Å². The predicted octanol–water partition coefficient (Wildman–Crippen LogP) is 2.59. The van der Waals surface area contributed by atoms with Gasteiger partial charge in [0.05, 0.1) is 13.2 Å². The van der Waals surface area contributed by atoms with Crippen molar-refractivity contribution in [3.8, 4) is 5.75 Å². The number of methoxy groups -OCH3 is 1. The highest BCUT2D eigenvalue weighted by molar-refractivity contribution is 5.60. The van der Waals surface area contributed by atoms with Crippen molar-refractivity contribution in [1.29, 1.82) is 0 Å². The van der Waals surface area contributed by atoms with Crippen molar-refractivity contribution in [2.24, 2.45) is 0 Å². The van der Waals surface area contributed by atoms with E-state index < -0.39 is 0 Å². The van der Waals surface area contributed by atoms with Crippen LogP contribution in [-0.2, 0) is 4.74 Å². The first kappa shape index (κ1) is 15.1. The lowest BCUT2D eigenvalue weighted by Gasteiger charge is -2.28. The van der Waals surface area contributed by atoms with Gasteiger partial charge in [0.25, 0.3) is 0 Å². The Bertz CT molecular complexity index is 430. The standard InChI is InChI=1S/C16H26N2O2/c1-12(17-2)16-14(8-5-9-15(16)19-4)18(3)11-13-7-6-10-20-13/h5,8-9,12-13,17H,6-7,10-11H2,1-4H3. The predicted molar refractivity (Wildman–Crippen MR) is 82.7 cm³/mol. The van der Waals surface area contributed by atoms with Crippen molar-refractivity contribution in [2.75, 3.05) is 39.3 Å². The number of nitrogens with zero attached hydrogens (tertiary/aromatic N) is 1. The molecule has 1 N–H and O–H groups in total. The number of hydrogen-bond donors (Lipinski definition) is 1. The van der Waals surface area contributed by atoms with Crippen molar-refractivity contribution < 1.29 is 9.47 Å². The summed E-state index contributed by atoms with van der Waals surface area (Å²) >= 11 is 0. The Morgan fingerprint density at radius 3 is 2.90 bits per heavy atom. The van der Waals surface area contributed by atoms with Gasteiger partial charge in [-0.25, -0.2) is 0 Å². The van der Waals surface area contributed by atoms with E-state index in [1.165, 1.54) is 17.7 Å². The quantitative estimate of drug-likeness (QED) is 0.867. The molecule has 20 heavy (non-hydrogen) atoms. The molecule has 1 fully saturated rings. The molecule has 1 aliphatic heterocycles. The average molecular weight is 278 g/mol. The third-order valence-corrected chi connectivity index (χ3v) is 4.04. The third kappa shape index (κ3) is 3.25. The Labute approximate surface area is 122 Å². The van der Waals surface area contributed by atoms with Crippen LogP contribution in [-0.4, -0.2) is 40.5 Å². The summed E-state index contributed by atoms with van der Waals surface area (Å²) in [4.78, 5) is 2.28. The zero-order valence-electron chi connectivity index (χ0n) is 13.0. The van der Waals surface area contributed by atoms with Crippen molar-refractivity contribution >= 4 is 5.69 Å². The fourth-order valence-electron chi connectivity index (χ4n) is 2.81. The number of rotatable bonds is 6. The first-order valence-corrected chi connectivity index (χ1v) is 7.34. The van der Waals surface area contributed by atoms with E-state index in [0.717, 1.165) is 25.3 Å². The zero-order valence-corrected chi connectivity index (χ0v) is 13.0. The molecule has 112 valence electrons. The Balaban J connectivity index is 2.24. The molecule has 1 aromatic carbocycles. The van der Waals surface area contributed by atoms with Crippen LogP contribution in [0.25, 0.3) is 0 Å². The average Bonchev–Trinajstić information content (AvgIpc) is 2.98. The van der Waals surface area contributed by atoms with Crippen LogP contribution in [0, 0.1) is 0 Å². The lowest BCUT2D eigenvalue weighted by Crippen LogP contribution is -2.30. The number of ether oxygens (including phenoxy) is 2. The molecule has 0 bridgehead atoms. The Morgan fingerprint density at radius 1 is 1.50 bits per heavy atom. The van der Waals surface area contributed by atoms with Crippen LogP contribution in [0.2, 0.25) is 0 Å². The van der Waals surface area contributed by atoms with Gasteiger partial charge in [-0.1, -0.05) is 6.07 Å². The molecule has 0 amide bonds. The molecule has 0 saturated carbocycles. The van der Waals surface area contributed by atoms with Gasteiger partial charge in [-0.2, -0.15) is 0 Å². The molecule has 1 heterocycles. The summed E-state index contributed by atoms with van der Waals surface area (Å²) in [5.41, 5.74) is 2.42. The minimum Gasteiger partial charge on any atom is -0.496 e. The molecular formula is C16H26N2O2. The molecule has 2 rings (SSSR count). The summed E-state index contributed by atoms with van der Waals surface area (Å²) in [7, 11) is 5.83. The fraction of sp³-hybridized carbons (Fsp3) is 0.625. The molecule has 2 atom stereocenters. The van der Waals surface area contributed by atoms with Crippen LogP contribution >= 0.6 is 0 Å². The zero-order chi connectivity index (χ0) is 14.5. The Kier molecular flexibility index (Phi) is 5.26. The van der Waals surface area contributed by atoms with E-state index in [1.807, 2.05) is 19.2 Å². The van der Waals surface area contributed by atoms with Gasteiger partial charge in [0.2, 0.25) is 0 Å². The minimum absolute atomic E-state index is 0.244. The highest BCUT2D eigenvalue weighted by Crippen LogP contribution is 2.34. The molecular weight excluding hydrogens is 252 g/mol. The number of likely N-dealkylation sites (N-methyl/N-ethyl adjacent to an activating group) is 1. The monoisotopic (exact) mass is 278 g/mol. The van der Waals surface area contributed by atoms with Crippen LogP contribution in [0.4, 0.5) is 5.69 Å². The van der Waals surface area contributed by atoms with Gasteiger partial charge in [-0.3, -0.25) is 0 Å². The maximum atomic E-state index is 5.74. The second kappa shape index (κ2) is 6.95. The SMILES string of the molecule is CNC(C)c1c(OC)cccc1N(C)CC1CCCO1. The summed E-state index contributed by atoms with van der Waals surface area (Å²) in [5.74, 6) is 0.934. The van der Waals surface area contributed by atoms with Crippen molar-refractivity contribution in [1.82, 2.24) is 5.32 Å². The lowest BCUT2D eigenvalue weighted by atomic mass is 10.0. The van der Waals surface area contributed by atoms with Crippen LogP contribution in [0.5, 0.6) is 5.75 Å². The molecule has 0 spiro atoms. The van der Waals surface area contributed by atoms with Gasteiger partial charge in [0, 0.05) is 37.5 Å². The summed E-state index contributed by atoms with van der Waals surface area (Å²) in [5, 5.41) is 3.31. The fourth-order valence-corrected chi connectivity index (χ4v) is 2.81. The first-order valence-electron chi connectivity index (χ1n) is 7.34. The van der Waals surface area contributed by atoms with Crippen LogP contribution < -0.4 is 15.0 Å². The van der Waals surface area contributed by atoms with E-state index in [0.29, 0.717) is 6.10 Å². The molecule has 1 aliphatic rings. The summed E-state index contributed by atoms with van der Waals surface area (Å²) < 4.78 is 11.3. The van der Waals surface area contributed by atoms with E-state index in [1.54, 1.807) is 7.11 Å². The van der Waals surface area contributed by atoms with Gasteiger partial charge in [-0.05, 0) is 38.9 Å². The van der Waals surface area contributed by atoms with Gasteiger partial charge in [0.15, 0.2) is 0 Å². The molecule has 4 nitrogen and oxygen atoms in total. The molecule has 1 saturated heterocycles. The number of benzene rings is 1. The second-order valence-corrected chi connectivity index (χ2v) is 5.42. The molecule has 1 aromatic rings. The van der Waals surface area contributed by atoms with Crippen LogP contribution in [0.1, 0.15) is 31.4 Å². The third-order valence-electron chi connectivity index (χ3n) is 4.04.